The van der Waals surface area contributed by atoms with Gasteiger partial charge in [0.15, 0.2) is 0 Å². The van der Waals surface area contributed by atoms with Crippen LogP contribution in [0.25, 0.3) is 60.5 Å². The van der Waals surface area contributed by atoms with Gasteiger partial charge >= 0.3 is 0 Å². The number of nitrogens with zero attached hydrogens (tertiary/aromatic N) is 2. The molecular formula is C62H42N2O. The first-order chi connectivity index (χ1) is 32.0. The highest BCUT2D eigenvalue weighted by Gasteiger charge is 2.49. The monoisotopic (exact) mass is 830 g/mol. The van der Waals surface area contributed by atoms with Crippen LogP contribution in [0, 0.1) is 0 Å². The normalized spacial score (nSPS) is 15.8. The SMILES string of the molecule is CC1(C)c2ccccc2-c2c(-n3c4ccccc4c4cc(N(c5ccccc5)c5ccc6c(c5)C5(c7ccccc7O6)c6ccccc6-c6cccc7cccc5c67)ccc43)cccc21. The van der Waals surface area contributed by atoms with Gasteiger partial charge in [0.1, 0.15) is 11.5 Å². The van der Waals surface area contributed by atoms with Gasteiger partial charge in [-0.1, -0.05) is 166 Å². The molecule has 306 valence electrons. The summed E-state index contributed by atoms with van der Waals surface area (Å²) in [6.07, 6.45) is 0. The van der Waals surface area contributed by atoms with Crippen molar-refractivity contribution in [1.82, 2.24) is 4.57 Å². The summed E-state index contributed by atoms with van der Waals surface area (Å²) >= 11 is 0. The molecule has 11 aromatic rings. The first-order valence-corrected chi connectivity index (χ1v) is 22.7. The van der Waals surface area contributed by atoms with Crippen LogP contribution >= 0.6 is 0 Å². The zero-order valence-electron chi connectivity index (χ0n) is 36.1. The molecule has 3 aliphatic rings. The number of para-hydroxylation sites is 3. The average Bonchev–Trinajstić information content (AvgIpc) is 3.81. The van der Waals surface area contributed by atoms with Crippen molar-refractivity contribution in [3.63, 3.8) is 0 Å². The summed E-state index contributed by atoms with van der Waals surface area (Å²) in [6.45, 7) is 4.72. The summed E-state index contributed by atoms with van der Waals surface area (Å²) < 4.78 is 9.44. The van der Waals surface area contributed by atoms with Gasteiger partial charge in [0.25, 0.3) is 0 Å². The molecule has 2 heterocycles. The van der Waals surface area contributed by atoms with E-state index in [1.807, 2.05) is 0 Å². The summed E-state index contributed by atoms with van der Waals surface area (Å²) in [6, 6.07) is 80.6. The lowest BCUT2D eigenvalue weighted by atomic mass is 9.58. The molecule has 0 saturated heterocycles. The average molecular weight is 831 g/mol. The fourth-order valence-electron chi connectivity index (χ4n) is 12.1. The lowest BCUT2D eigenvalue weighted by Crippen LogP contribution is -2.36. The molecule has 3 heteroatoms. The highest BCUT2D eigenvalue weighted by atomic mass is 16.5. The van der Waals surface area contributed by atoms with Crippen molar-refractivity contribution in [1.29, 1.82) is 0 Å². The Morgan fingerprint density at radius 1 is 0.400 bits per heavy atom. The van der Waals surface area contributed by atoms with Crippen LogP contribution in [-0.4, -0.2) is 4.57 Å². The van der Waals surface area contributed by atoms with E-state index in [2.05, 4.69) is 242 Å². The summed E-state index contributed by atoms with van der Waals surface area (Å²) in [5.74, 6) is 1.75. The van der Waals surface area contributed by atoms with E-state index in [-0.39, 0.29) is 5.41 Å². The number of aromatic nitrogens is 1. The highest BCUT2D eigenvalue weighted by Crippen LogP contribution is 2.62. The summed E-state index contributed by atoms with van der Waals surface area (Å²) in [4.78, 5) is 2.42. The Hall–Kier alpha value is -8.14. The Morgan fingerprint density at radius 3 is 1.89 bits per heavy atom. The van der Waals surface area contributed by atoms with E-state index in [1.165, 1.54) is 82.8 Å². The van der Waals surface area contributed by atoms with E-state index < -0.39 is 5.41 Å². The number of hydrogen-bond donors (Lipinski definition) is 0. The van der Waals surface area contributed by atoms with Gasteiger partial charge in [-0.15, -0.1) is 0 Å². The van der Waals surface area contributed by atoms with Gasteiger partial charge in [-0.25, -0.2) is 0 Å². The first kappa shape index (κ1) is 36.4. The predicted molar refractivity (Wildman–Crippen MR) is 268 cm³/mol. The van der Waals surface area contributed by atoms with E-state index in [9.17, 15) is 0 Å². The molecule has 0 amide bonds. The van der Waals surface area contributed by atoms with Crippen molar-refractivity contribution >= 4 is 49.6 Å². The lowest BCUT2D eigenvalue weighted by Gasteiger charge is -2.45. The molecule has 0 fully saturated rings. The van der Waals surface area contributed by atoms with Crippen LogP contribution in [0.3, 0.4) is 0 Å². The van der Waals surface area contributed by atoms with E-state index in [0.717, 1.165) is 39.7 Å². The van der Waals surface area contributed by atoms with Gasteiger partial charge in [0.05, 0.1) is 22.1 Å². The smallest absolute Gasteiger partial charge is 0.132 e. The molecule has 10 aromatic carbocycles. The van der Waals surface area contributed by atoms with Crippen LogP contribution in [-0.2, 0) is 10.8 Å². The van der Waals surface area contributed by atoms with Gasteiger partial charge in [-0.05, 0) is 116 Å². The third kappa shape index (κ3) is 4.79. The molecule has 0 bridgehead atoms. The Bertz CT molecular complexity index is 3800. The zero-order valence-corrected chi connectivity index (χ0v) is 36.1. The van der Waals surface area contributed by atoms with Gasteiger partial charge in [-0.3, -0.25) is 0 Å². The maximum absolute atomic E-state index is 6.95. The molecule has 1 aromatic heterocycles. The van der Waals surface area contributed by atoms with Crippen LogP contribution in [0.4, 0.5) is 17.1 Å². The van der Waals surface area contributed by atoms with E-state index in [0.29, 0.717) is 0 Å². The maximum Gasteiger partial charge on any atom is 0.132 e. The molecule has 1 unspecified atom stereocenters. The molecule has 1 atom stereocenters. The van der Waals surface area contributed by atoms with Crippen LogP contribution < -0.4 is 9.64 Å². The molecule has 2 aliphatic carbocycles. The number of hydrogen-bond acceptors (Lipinski definition) is 2. The van der Waals surface area contributed by atoms with Gasteiger partial charge < -0.3 is 14.2 Å². The van der Waals surface area contributed by atoms with Crippen LogP contribution in [0.2, 0.25) is 0 Å². The third-order valence-corrected chi connectivity index (χ3v) is 14.8. The number of anilines is 3. The standard InChI is InChI=1S/C62H42N2O/c1-61(2)48-25-9-7-23-46(48)60-51(61)28-16-31-56(60)64-54-30-12-8-22-44(54)47-37-41(33-35-55(47)64)63(40-19-4-3-5-20-40)42-34-36-58-53(38-42)62(50-27-11-13-32-57(50)65-58)49-26-10-6-21-43(49)45-24-14-17-39-18-15-29-52(62)59(39)45/h3-38H,1-2H3. The summed E-state index contributed by atoms with van der Waals surface area (Å²) in [5.41, 5.74) is 18.8. The van der Waals surface area contributed by atoms with Crippen molar-refractivity contribution in [3.8, 4) is 39.4 Å². The largest absolute Gasteiger partial charge is 0.457 e. The number of rotatable bonds is 4. The molecule has 3 nitrogen and oxygen atoms in total. The van der Waals surface area contributed by atoms with Gasteiger partial charge in [0.2, 0.25) is 0 Å². The first-order valence-electron chi connectivity index (χ1n) is 22.7. The van der Waals surface area contributed by atoms with Crippen molar-refractivity contribution in [3.05, 3.63) is 252 Å². The fourth-order valence-corrected chi connectivity index (χ4v) is 12.1. The minimum Gasteiger partial charge on any atom is -0.457 e. The Kier molecular flexibility index (Phi) is 7.38. The van der Waals surface area contributed by atoms with Crippen molar-refractivity contribution in [2.45, 2.75) is 24.7 Å². The quantitative estimate of drug-likeness (QED) is 0.176. The molecule has 0 N–H and O–H groups in total. The summed E-state index contributed by atoms with van der Waals surface area (Å²) in [5, 5.41) is 4.96. The molecule has 65 heavy (non-hydrogen) atoms. The van der Waals surface area contributed by atoms with Crippen molar-refractivity contribution in [2.75, 3.05) is 4.90 Å². The molecule has 0 radical (unpaired) electrons. The Balaban J connectivity index is 1.02. The molecule has 1 spiro atoms. The number of benzene rings is 10. The number of fused-ring (bicyclic) bond motifs is 14. The van der Waals surface area contributed by atoms with Crippen LogP contribution in [0.5, 0.6) is 11.5 Å². The topological polar surface area (TPSA) is 17.4 Å². The number of ether oxygens (including phenoxy) is 1. The van der Waals surface area contributed by atoms with Crippen LogP contribution in [0.1, 0.15) is 47.2 Å². The Morgan fingerprint density at radius 2 is 1.02 bits per heavy atom. The lowest BCUT2D eigenvalue weighted by molar-refractivity contribution is 0.435. The van der Waals surface area contributed by atoms with Gasteiger partial charge in [0, 0.05) is 49.9 Å². The molecule has 1 aliphatic heterocycles. The van der Waals surface area contributed by atoms with E-state index >= 15 is 0 Å². The summed E-state index contributed by atoms with van der Waals surface area (Å²) in [7, 11) is 0. The maximum atomic E-state index is 6.95. The Labute approximate surface area is 378 Å². The molecule has 14 rings (SSSR count). The van der Waals surface area contributed by atoms with Crippen LogP contribution in [0.15, 0.2) is 218 Å². The molecular weight excluding hydrogens is 789 g/mol. The van der Waals surface area contributed by atoms with Crippen molar-refractivity contribution < 1.29 is 4.74 Å². The van der Waals surface area contributed by atoms with Gasteiger partial charge in [-0.2, -0.15) is 0 Å². The third-order valence-electron chi connectivity index (χ3n) is 14.8. The predicted octanol–water partition coefficient (Wildman–Crippen LogP) is 16.2. The minimum atomic E-state index is -0.645. The van der Waals surface area contributed by atoms with Crippen molar-refractivity contribution in [2.24, 2.45) is 0 Å². The van der Waals surface area contributed by atoms with E-state index in [4.69, 9.17) is 4.74 Å². The fraction of sp³-hybridized carbons (Fsp3) is 0.0645. The second-order valence-electron chi connectivity index (χ2n) is 18.4. The second-order valence-corrected chi connectivity index (χ2v) is 18.4. The zero-order chi connectivity index (χ0) is 43.0. The second kappa shape index (κ2) is 13.2. The molecule has 0 saturated carbocycles. The minimum absolute atomic E-state index is 0.0970. The highest BCUT2D eigenvalue weighted by molar-refractivity contribution is 6.12. The van der Waals surface area contributed by atoms with E-state index in [1.54, 1.807) is 0 Å².